The number of carbonyl (C=O) groups is 1. The number of carboxylic acid groups (broad SMARTS) is 1. The summed E-state index contributed by atoms with van der Waals surface area (Å²) in [6, 6.07) is 0. The van der Waals surface area contributed by atoms with Crippen LogP contribution in [0.1, 0.15) is 19.3 Å². The van der Waals surface area contributed by atoms with Gasteiger partial charge in [-0.05, 0) is 0 Å². The van der Waals surface area contributed by atoms with Gasteiger partial charge < -0.3 is 10.2 Å². The van der Waals surface area contributed by atoms with E-state index < -0.39 is 36.1 Å². The molecule has 0 amide bonds. The molecule has 0 bridgehead atoms. The Hall–Kier alpha value is -1.13. The zero-order valence-electron chi connectivity index (χ0n) is 6.18. The van der Waals surface area contributed by atoms with Gasteiger partial charge in [0.05, 0.1) is 5.57 Å². The first-order chi connectivity index (χ1) is 5.42. The third-order valence-electron chi connectivity index (χ3n) is 1.77. The highest BCUT2D eigenvalue weighted by Gasteiger charge is 2.37. The number of hydrogen-bond acceptors (Lipinski definition) is 2. The van der Waals surface area contributed by atoms with Gasteiger partial charge >= 0.3 is 5.97 Å². The summed E-state index contributed by atoms with van der Waals surface area (Å²) in [7, 11) is 0. The van der Waals surface area contributed by atoms with Gasteiger partial charge in [-0.1, -0.05) is 0 Å². The van der Waals surface area contributed by atoms with Gasteiger partial charge in [-0.2, -0.15) is 0 Å². The van der Waals surface area contributed by atoms with Crippen molar-refractivity contribution in [1.82, 2.24) is 0 Å². The molecule has 1 aliphatic rings. The summed E-state index contributed by atoms with van der Waals surface area (Å²) in [4.78, 5) is 10.3. The van der Waals surface area contributed by atoms with Crippen molar-refractivity contribution in [2.75, 3.05) is 0 Å². The molecule has 12 heavy (non-hydrogen) atoms. The summed E-state index contributed by atoms with van der Waals surface area (Å²) in [5.74, 6) is -4.87. The van der Waals surface area contributed by atoms with Crippen LogP contribution in [0.5, 0.6) is 0 Å². The van der Waals surface area contributed by atoms with Gasteiger partial charge in [-0.3, -0.25) is 0 Å². The monoisotopic (exact) mass is 178 g/mol. The number of aliphatic hydroxyl groups excluding tert-OH is 1. The van der Waals surface area contributed by atoms with Gasteiger partial charge in [-0.25, -0.2) is 13.6 Å². The van der Waals surface area contributed by atoms with Crippen LogP contribution in [0.4, 0.5) is 8.78 Å². The van der Waals surface area contributed by atoms with E-state index in [0.29, 0.717) is 0 Å². The Labute approximate surface area is 67.3 Å². The lowest BCUT2D eigenvalue weighted by atomic mass is 9.94. The number of carboxylic acids is 1. The zero-order chi connectivity index (χ0) is 9.35. The van der Waals surface area contributed by atoms with Crippen molar-refractivity contribution < 1.29 is 23.8 Å². The van der Waals surface area contributed by atoms with E-state index in [0.717, 1.165) is 0 Å². The first-order valence-electron chi connectivity index (χ1n) is 3.44. The number of halogens is 2. The molecule has 68 valence electrons. The van der Waals surface area contributed by atoms with E-state index in [9.17, 15) is 13.6 Å². The topological polar surface area (TPSA) is 57.5 Å². The van der Waals surface area contributed by atoms with Crippen molar-refractivity contribution >= 4 is 5.97 Å². The molecule has 0 aromatic carbocycles. The van der Waals surface area contributed by atoms with Gasteiger partial charge in [0.25, 0.3) is 5.92 Å². The summed E-state index contributed by atoms with van der Waals surface area (Å²) >= 11 is 0. The molecular formula is C7H8F2O3. The van der Waals surface area contributed by atoms with E-state index in [4.69, 9.17) is 10.2 Å². The van der Waals surface area contributed by atoms with Gasteiger partial charge in [-0.15, -0.1) is 0 Å². The highest BCUT2D eigenvalue weighted by molar-refractivity contribution is 5.87. The molecule has 1 aliphatic carbocycles. The predicted molar refractivity (Wildman–Crippen MR) is 36.1 cm³/mol. The predicted octanol–water partition coefficient (Wildman–Crippen LogP) is 1.70. The van der Waals surface area contributed by atoms with E-state index in [2.05, 4.69) is 0 Å². The standard InChI is InChI=1S/C7H8F2O3/c8-7(9)2-1-5(10)4(3-7)6(11)12/h10H,1-3H2,(H,11,12). The fraction of sp³-hybridized carbons (Fsp3) is 0.571. The maximum absolute atomic E-state index is 12.6. The van der Waals surface area contributed by atoms with Crippen LogP contribution in [0.25, 0.3) is 0 Å². The van der Waals surface area contributed by atoms with Crippen LogP contribution in [0, 0.1) is 0 Å². The molecule has 3 nitrogen and oxygen atoms in total. The van der Waals surface area contributed by atoms with Gasteiger partial charge in [0.15, 0.2) is 0 Å². The second kappa shape index (κ2) is 2.73. The summed E-state index contributed by atoms with van der Waals surface area (Å²) in [6.45, 7) is 0. The largest absolute Gasteiger partial charge is 0.512 e. The molecular weight excluding hydrogens is 170 g/mol. The molecule has 0 saturated heterocycles. The summed E-state index contributed by atoms with van der Waals surface area (Å²) in [5, 5.41) is 17.3. The third-order valence-corrected chi connectivity index (χ3v) is 1.77. The molecule has 0 spiro atoms. The molecule has 0 aromatic rings. The normalized spacial score (nSPS) is 22.5. The molecule has 0 fully saturated rings. The lowest BCUT2D eigenvalue weighted by Gasteiger charge is -2.21. The number of hydrogen-bond donors (Lipinski definition) is 2. The molecule has 2 N–H and O–H groups in total. The smallest absolute Gasteiger partial charge is 0.335 e. The average Bonchev–Trinajstić information content (AvgIpc) is 1.94. The fourth-order valence-electron chi connectivity index (χ4n) is 1.10. The van der Waals surface area contributed by atoms with Gasteiger partial charge in [0.2, 0.25) is 0 Å². The SMILES string of the molecule is O=C(O)C1=C(O)CCC(F)(F)C1. The van der Waals surface area contributed by atoms with Crippen LogP contribution in [-0.4, -0.2) is 22.1 Å². The highest BCUT2D eigenvalue weighted by atomic mass is 19.3. The van der Waals surface area contributed by atoms with E-state index in [1.165, 1.54) is 0 Å². The Morgan fingerprint density at radius 1 is 1.50 bits per heavy atom. The Morgan fingerprint density at radius 3 is 2.50 bits per heavy atom. The molecule has 0 aromatic heterocycles. The molecule has 0 radical (unpaired) electrons. The Kier molecular flexibility index (Phi) is 2.04. The average molecular weight is 178 g/mol. The fourth-order valence-corrected chi connectivity index (χ4v) is 1.10. The number of alkyl halides is 2. The second-order valence-corrected chi connectivity index (χ2v) is 2.76. The molecule has 0 saturated carbocycles. The summed E-state index contributed by atoms with van der Waals surface area (Å²) < 4.78 is 25.2. The first-order valence-corrected chi connectivity index (χ1v) is 3.44. The van der Waals surface area contributed by atoms with E-state index in [1.54, 1.807) is 0 Å². The van der Waals surface area contributed by atoms with Gasteiger partial charge in [0, 0.05) is 19.3 Å². The number of aliphatic carboxylic acids is 1. The van der Waals surface area contributed by atoms with Crippen molar-refractivity contribution in [2.24, 2.45) is 0 Å². The van der Waals surface area contributed by atoms with Crippen molar-refractivity contribution in [2.45, 2.75) is 25.2 Å². The molecule has 5 heteroatoms. The molecule has 0 unspecified atom stereocenters. The Balaban J connectivity index is 2.89. The minimum Gasteiger partial charge on any atom is -0.512 e. The third kappa shape index (κ3) is 1.72. The van der Waals surface area contributed by atoms with E-state index in [-0.39, 0.29) is 6.42 Å². The van der Waals surface area contributed by atoms with Gasteiger partial charge in [0.1, 0.15) is 5.76 Å². The zero-order valence-corrected chi connectivity index (χ0v) is 6.18. The first kappa shape index (κ1) is 8.96. The van der Waals surface area contributed by atoms with Crippen LogP contribution in [0.15, 0.2) is 11.3 Å². The summed E-state index contributed by atoms with van der Waals surface area (Å²) in [6.07, 6.45) is -1.60. The molecule has 1 rings (SSSR count). The molecule has 0 heterocycles. The van der Waals surface area contributed by atoms with E-state index in [1.807, 2.05) is 0 Å². The number of allylic oxidation sites excluding steroid dienone is 1. The Morgan fingerprint density at radius 2 is 2.08 bits per heavy atom. The lowest BCUT2D eigenvalue weighted by molar-refractivity contribution is -0.134. The lowest BCUT2D eigenvalue weighted by Crippen LogP contribution is -2.25. The van der Waals surface area contributed by atoms with E-state index >= 15 is 0 Å². The second-order valence-electron chi connectivity index (χ2n) is 2.76. The van der Waals surface area contributed by atoms with Crippen molar-refractivity contribution in [3.05, 3.63) is 11.3 Å². The number of rotatable bonds is 1. The quantitative estimate of drug-likeness (QED) is 0.642. The van der Waals surface area contributed by atoms with Crippen LogP contribution in [0.2, 0.25) is 0 Å². The molecule has 0 aliphatic heterocycles. The maximum atomic E-state index is 12.6. The van der Waals surface area contributed by atoms with Crippen molar-refractivity contribution in [3.63, 3.8) is 0 Å². The van der Waals surface area contributed by atoms with Crippen molar-refractivity contribution in [1.29, 1.82) is 0 Å². The highest BCUT2D eigenvalue weighted by Crippen LogP contribution is 2.35. The van der Waals surface area contributed by atoms with Crippen LogP contribution >= 0.6 is 0 Å². The minimum absolute atomic E-state index is 0.255. The maximum Gasteiger partial charge on any atom is 0.335 e. The number of aliphatic hydroxyl groups is 1. The van der Waals surface area contributed by atoms with Crippen LogP contribution in [0.3, 0.4) is 0 Å². The van der Waals surface area contributed by atoms with Crippen LogP contribution in [-0.2, 0) is 4.79 Å². The van der Waals surface area contributed by atoms with Crippen LogP contribution < -0.4 is 0 Å². The van der Waals surface area contributed by atoms with Crippen molar-refractivity contribution in [3.8, 4) is 0 Å². The summed E-state index contributed by atoms with van der Waals surface area (Å²) in [5.41, 5.74) is -0.564. The molecule has 0 atom stereocenters. The minimum atomic E-state index is -2.99. The Bertz CT molecular complexity index is 245.